The first-order valence-corrected chi connectivity index (χ1v) is 17.0. The highest BCUT2D eigenvalue weighted by Crippen LogP contribution is 2.26. The zero-order chi connectivity index (χ0) is 32.4. The highest BCUT2D eigenvalue weighted by atomic mass is 35.5. The summed E-state index contributed by atoms with van der Waals surface area (Å²) in [6, 6.07) is 30.7. The summed E-state index contributed by atoms with van der Waals surface area (Å²) in [6.07, 6.45) is 1.75. The molecule has 4 rings (SSSR count). The normalized spacial score (nSPS) is 12.6. The molecule has 0 fully saturated rings. The standard InChI is InChI=1S/C36H40ClN3O4S/c1-4-27(3)38-36(42)34(24-29-12-8-6-9-13-29)39(25-30-16-20-31(37)21-17-30)35(41)26-40(32-22-18-28(5-2)19-23-32)45(43,44)33-14-10-7-11-15-33/h6-23,27,34H,4-5,24-26H2,1-3H3,(H,38,42)/t27-,34+/m0/s1. The van der Waals surface area contributed by atoms with Crippen LogP contribution in [-0.2, 0) is 39.0 Å². The van der Waals surface area contributed by atoms with E-state index in [0.29, 0.717) is 17.1 Å². The number of nitrogens with zero attached hydrogens (tertiary/aromatic N) is 2. The molecule has 1 N–H and O–H groups in total. The molecule has 2 amide bonds. The summed E-state index contributed by atoms with van der Waals surface area (Å²) in [5, 5.41) is 3.59. The second-order valence-electron chi connectivity index (χ2n) is 11.0. The molecule has 236 valence electrons. The lowest BCUT2D eigenvalue weighted by Gasteiger charge is -2.34. The van der Waals surface area contributed by atoms with Crippen LogP contribution in [0, 0.1) is 0 Å². The van der Waals surface area contributed by atoms with Crippen LogP contribution in [0.1, 0.15) is 43.9 Å². The van der Waals surface area contributed by atoms with Gasteiger partial charge in [-0.05, 0) is 72.9 Å². The SMILES string of the molecule is CCc1ccc(N(CC(=O)N(Cc2ccc(Cl)cc2)[C@H](Cc2ccccc2)C(=O)N[C@@H](C)CC)S(=O)(=O)c2ccccc2)cc1. The molecular weight excluding hydrogens is 606 g/mol. The van der Waals surface area contributed by atoms with Crippen LogP contribution in [-0.4, -0.2) is 43.8 Å². The van der Waals surface area contributed by atoms with Crippen molar-refractivity contribution in [3.8, 4) is 0 Å². The van der Waals surface area contributed by atoms with Crippen molar-refractivity contribution in [1.82, 2.24) is 10.2 Å². The van der Waals surface area contributed by atoms with E-state index in [4.69, 9.17) is 11.6 Å². The van der Waals surface area contributed by atoms with E-state index in [2.05, 4.69) is 5.32 Å². The van der Waals surface area contributed by atoms with E-state index in [-0.39, 0.29) is 29.8 Å². The number of halogens is 1. The van der Waals surface area contributed by atoms with Gasteiger partial charge in [-0.2, -0.15) is 0 Å². The second kappa shape index (κ2) is 15.7. The Morgan fingerprint density at radius 2 is 1.36 bits per heavy atom. The monoisotopic (exact) mass is 645 g/mol. The zero-order valence-corrected chi connectivity index (χ0v) is 27.5. The topological polar surface area (TPSA) is 86.8 Å². The van der Waals surface area contributed by atoms with Crippen molar-refractivity contribution in [1.29, 1.82) is 0 Å². The molecule has 0 bridgehead atoms. The Morgan fingerprint density at radius 1 is 0.778 bits per heavy atom. The predicted octanol–water partition coefficient (Wildman–Crippen LogP) is 6.65. The van der Waals surface area contributed by atoms with Crippen LogP contribution in [0.25, 0.3) is 0 Å². The van der Waals surface area contributed by atoms with Crippen molar-refractivity contribution >= 4 is 39.1 Å². The van der Waals surface area contributed by atoms with Crippen LogP contribution >= 0.6 is 11.6 Å². The van der Waals surface area contributed by atoms with Gasteiger partial charge in [-0.15, -0.1) is 0 Å². The van der Waals surface area contributed by atoms with Crippen LogP contribution in [0.4, 0.5) is 5.69 Å². The van der Waals surface area contributed by atoms with E-state index in [1.807, 2.05) is 63.2 Å². The van der Waals surface area contributed by atoms with E-state index >= 15 is 0 Å². The third-order valence-electron chi connectivity index (χ3n) is 7.78. The van der Waals surface area contributed by atoms with E-state index < -0.39 is 28.5 Å². The third kappa shape index (κ3) is 8.96. The fourth-order valence-corrected chi connectivity index (χ4v) is 6.49. The minimum absolute atomic E-state index is 0.0666. The summed E-state index contributed by atoms with van der Waals surface area (Å²) in [5.74, 6) is -0.815. The zero-order valence-electron chi connectivity index (χ0n) is 25.9. The van der Waals surface area contributed by atoms with Gasteiger partial charge in [0.1, 0.15) is 12.6 Å². The van der Waals surface area contributed by atoms with Gasteiger partial charge in [-0.1, -0.05) is 98.2 Å². The van der Waals surface area contributed by atoms with E-state index in [0.717, 1.165) is 27.4 Å². The molecule has 9 heteroatoms. The Labute approximate surface area is 271 Å². The summed E-state index contributed by atoms with van der Waals surface area (Å²) in [4.78, 5) is 30.0. The molecule has 4 aromatic rings. The number of carbonyl (C=O) groups is 2. The van der Waals surface area contributed by atoms with E-state index in [9.17, 15) is 18.0 Å². The lowest BCUT2D eigenvalue weighted by atomic mass is 10.0. The number of anilines is 1. The maximum atomic E-state index is 14.5. The number of hydrogen-bond donors (Lipinski definition) is 1. The fraction of sp³-hybridized carbons (Fsp3) is 0.278. The number of amides is 2. The molecule has 0 aromatic heterocycles. The summed E-state index contributed by atoms with van der Waals surface area (Å²) >= 11 is 6.15. The van der Waals surface area contributed by atoms with Crippen LogP contribution in [0.3, 0.4) is 0 Å². The van der Waals surface area contributed by atoms with Crippen molar-refractivity contribution in [3.63, 3.8) is 0 Å². The van der Waals surface area contributed by atoms with Crippen LogP contribution in [0.5, 0.6) is 0 Å². The Kier molecular flexibility index (Phi) is 11.8. The number of benzene rings is 4. The fourth-order valence-electron chi connectivity index (χ4n) is 4.93. The second-order valence-corrected chi connectivity index (χ2v) is 13.3. The van der Waals surface area contributed by atoms with Gasteiger partial charge in [-0.3, -0.25) is 13.9 Å². The Hall–Kier alpha value is -4.14. The van der Waals surface area contributed by atoms with Crippen molar-refractivity contribution in [2.24, 2.45) is 0 Å². The number of aryl methyl sites for hydroxylation is 1. The van der Waals surface area contributed by atoms with Crippen molar-refractivity contribution in [3.05, 3.63) is 131 Å². The summed E-state index contributed by atoms with van der Waals surface area (Å²) in [5.41, 5.74) is 3.03. The average Bonchev–Trinajstić information content (AvgIpc) is 3.06. The number of rotatable bonds is 14. The van der Waals surface area contributed by atoms with Crippen LogP contribution in [0.15, 0.2) is 114 Å². The van der Waals surface area contributed by atoms with Gasteiger partial charge >= 0.3 is 0 Å². The summed E-state index contributed by atoms with van der Waals surface area (Å²) in [6.45, 7) is 5.48. The molecule has 2 atom stereocenters. The third-order valence-corrected chi connectivity index (χ3v) is 9.82. The van der Waals surface area contributed by atoms with Gasteiger partial charge in [-0.25, -0.2) is 8.42 Å². The predicted molar refractivity (Wildman–Crippen MR) is 181 cm³/mol. The molecule has 7 nitrogen and oxygen atoms in total. The Morgan fingerprint density at radius 3 is 1.93 bits per heavy atom. The van der Waals surface area contributed by atoms with Crippen molar-refractivity contribution < 1.29 is 18.0 Å². The first kappa shape index (κ1) is 33.7. The Bertz CT molecular complexity index is 1650. The molecule has 45 heavy (non-hydrogen) atoms. The lowest BCUT2D eigenvalue weighted by Crippen LogP contribution is -2.54. The van der Waals surface area contributed by atoms with Gasteiger partial charge in [0.25, 0.3) is 10.0 Å². The molecule has 0 saturated carbocycles. The lowest BCUT2D eigenvalue weighted by molar-refractivity contribution is -0.140. The average molecular weight is 646 g/mol. The molecule has 0 aliphatic heterocycles. The molecule has 0 heterocycles. The number of carbonyl (C=O) groups excluding carboxylic acids is 2. The first-order valence-electron chi connectivity index (χ1n) is 15.2. The minimum atomic E-state index is -4.14. The van der Waals surface area contributed by atoms with Gasteiger partial charge < -0.3 is 10.2 Å². The van der Waals surface area contributed by atoms with Gasteiger partial charge in [0, 0.05) is 24.0 Å². The number of hydrogen-bond acceptors (Lipinski definition) is 4. The van der Waals surface area contributed by atoms with Gasteiger partial charge in [0.15, 0.2) is 0 Å². The molecule has 0 aliphatic carbocycles. The highest BCUT2D eigenvalue weighted by Gasteiger charge is 2.35. The molecule has 0 unspecified atom stereocenters. The Balaban J connectivity index is 1.79. The summed E-state index contributed by atoms with van der Waals surface area (Å²) < 4.78 is 29.3. The quantitative estimate of drug-likeness (QED) is 0.166. The summed E-state index contributed by atoms with van der Waals surface area (Å²) in [7, 11) is -4.14. The number of sulfonamides is 1. The van der Waals surface area contributed by atoms with Gasteiger partial charge in [0.2, 0.25) is 11.8 Å². The first-order chi connectivity index (χ1) is 21.6. The molecule has 4 aromatic carbocycles. The molecular formula is C36H40ClN3O4S. The van der Waals surface area contributed by atoms with Crippen LogP contribution in [0.2, 0.25) is 5.02 Å². The largest absolute Gasteiger partial charge is 0.352 e. The smallest absolute Gasteiger partial charge is 0.264 e. The van der Waals surface area contributed by atoms with Crippen molar-refractivity contribution in [2.45, 2.75) is 63.6 Å². The molecule has 0 spiro atoms. The molecule has 0 aliphatic rings. The number of nitrogens with one attached hydrogen (secondary N) is 1. The van der Waals surface area contributed by atoms with Gasteiger partial charge in [0.05, 0.1) is 10.6 Å². The van der Waals surface area contributed by atoms with Crippen molar-refractivity contribution in [2.75, 3.05) is 10.8 Å². The molecule has 0 saturated heterocycles. The molecule has 0 radical (unpaired) electrons. The van der Waals surface area contributed by atoms with E-state index in [1.54, 1.807) is 54.6 Å². The van der Waals surface area contributed by atoms with E-state index in [1.165, 1.54) is 17.0 Å². The minimum Gasteiger partial charge on any atom is -0.352 e. The maximum absolute atomic E-state index is 14.5. The maximum Gasteiger partial charge on any atom is 0.264 e. The van der Waals surface area contributed by atoms with Crippen LogP contribution < -0.4 is 9.62 Å². The highest BCUT2D eigenvalue weighted by molar-refractivity contribution is 7.92.